The van der Waals surface area contributed by atoms with Crippen molar-refractivity contribution >= 4 is 0 Å². The normalized spacial score (nSPS) is 19.5. The minimum Gasteiger partial charge on any atom is -0.504 e. The maximum atomic E-state index is 10.6. The van der Waals surface area contributed by atoms with Crippen molar-refractivity contribution < 1.29 is 24.4 Å². The van der Waals surface area contributed by atoms with E-state index in [0.717, 1.165) is 28.2 Å². The number of aromatic hydroxyl groups is 1. The van der Waals surface area contributed by atoms with Crippen LogP contribution in [0.5, 0.6) is 23.0 Å². The van der Waals surface area contributed by atoms with Gasteiger partial charge in [0.05, 0.1) is 27.4 Å². The minimum atomic E-state index is -0.549. The van der Waals surface area contributed by atoms with Crippen molar-refractivity contribution in [3.63, 3.8) is 0 Å². The summed E-state index contributed by atoms with van der Waals surface area (Å²) in [5, 5.41) is 20.7. The first kappa shape index (κ1) is 16.5. The van der Waals surface area contributed by atoms with Crippen LogP contribution >= 0.6 is 0 Å². The van der Waals surface area contributed by atoms with E-state index >= 15 is 0 Å². The molecule has 0 bridgehead atoms. The lowest BCUT2D eigenvalue weighted by molar-refractivity contribution is 0.134. The molecule has 2 aromatic rings. The van der Waals surface area contributed by atoms with E-state index in [1.807, 2.05) is 18.2 Å². The highest BCUT2D eigenvalue weighted by Crippen LogP contribution is 2.41. The summed E-state index contributed by atoms with van der Waals surface area (Å²) in [5.41, 5.74) is 2.99. The van der Waals surface area contributed by atoms with Gasteiger partial charge in [-0.05, 0) is 35.7 Å². The molecule has 0 saturated heterocycles. The number of benzene rings is 2. The van der Waals surface area contributed by atoms with Crippen LogP contribution in [0.1, 0.15) is 22.6 Å². The SMILES string of the molecule is COc1cc2c(c(OC)c1)C[C@H](O)[C@H](c1ccc(OC)c(O)c1)C2. The number of hydrogen-bond donors (Lipinski definition) is 2. The Hall–Kier alpha value is -2.40. The standard InChI is InChI=1S/C19H22O5/c1-22-13-6-12-7-14(11-4-5-18(23-2)17(21)8-11)16(20)10-15(12)19(9-13)24-3/h4-6,8-9,14,16,20-21H,7,10H2,1-3H3/t14-,16-/m0/s1. The molecule has 128 valence electrons. The molecule has 2 atom stereocenters. The molecule has 0 amide bonds. The van der Waals surface area contributed by atoms with Crippen LogP contribution in [-0.2, 0) is 12.8 Å². The molecule has 0 unspecified atom stereocenters. The lowest BCUT2D eigenvalue weighted by atomic mass is 9.77. The molecule has 0 aromatic heterocycles. The molecule has 1 aliphatic carbocycles. The molecule has 1 aliphatic rings. The van der Waals surface area contributed by atoms with Gasteiger partial charge in [0.25, 0.3) is 0 Å². The third-order valence-corrected chi connectivity index (χ3v) is 4.68. The number of methoxy groups -OCH3 is 3. The van der Waals surface area contributed by atoms with Gasteiger partial charge in [-0.15, -0.1) is 0 Å². The Bertz CT molecular complexity index is 741. The molecular formula is C19H22O5. The second kappa shape index (κ2) is 6.61. The van der Waals surface area contributed by atoms with Crippen LogP contribution in [0.25, 0.3) is 0 Å². The number of rotatable bonds is 4. The van der Waals surface area contributed by atoms with Gasteiger partial charge in [0.1, 0.15) is 11.5 Å². The number of aliphatic hydroxyl groups excluding tert-OH is 1. The van der Waals surface area contributed by atoms with E-state index in [9.17, 15) is 10.2 Å². The van der Waals surface area contributed by atoms with Crippen molar-refractivity contribution in [2.24, 2.45) is 0 Å². The van der Waals surface area contributed by atoms with E-state index in [1.54, 1.807) is 26.4 Å². The quantitative estimate of drug-likeness (QED) is 0.902. The fourth-order valence-corrected chi connectivity index (χ4v) is 3.39. The van der Waals surface area contributed by atoms with E-state index < -0.39 is 6.10 Å². The zero-order valence-corrected chi connectivity index (χ0v) is 14.1. The highest BCUT2D eigenvalue weighted by molar-refractivity contribution is 5.51. The number of phenolic OH excluding ortho intramolecular Hbond substituents is 1. The zero-order valence-electron chi connectivity index (χ0n) is 14.1. The summed E-state index contributed by atoms with van der Waals surface area (Å²) in [4.78, 5) is 0. The molecule has 0 fully saturated rings. The first-order valence-corrected chi connectivity index (χ1v) is 7.86. The van der Waals surface area contributed by atoms with Crippen LogP contribution < -0.4 is 14.2 Å². The molecule has 0 aliphatic heterocycles. The van der Waals surface area contributed by atoms with E-state index in [4.69, 9.17) is 14.2 Å². The van der Waals surface area contributed by atoms with Crippen molar-refractivity contribution in [3.8, 4) is 23.0 Å². The number of hydrogen-bond acceptors (Lipinski definition) is 5. The average molecular weight is 330 g/mol. The van der Waals surface area contributed by atoms with Gasteiger partial charge in [-0.1, -0.05) is 6.07 Å². The second-order valence-corrected chi connectivity index (χ2v) is 5.98. The van der Waals surface area contributed by atoms with Gasteiger partial charge < -0.3 is 24.4 Å². The van der Waals surface area contributed by atoms with Crippen molar-refractivity contribution in [3.05, 3.63) is 47.0 Å². The summed E-state index contributed by atoms with van der Waals surface area (Å²) in [5.74, 6) is 1.87. The predicted octanol–water partition coefficient (Wildman–Crippen LogP) is 2.66. The Morgan fingerprint density at radius 3 is 2.29 bits per heavy atom. The Morgan fingerprint density at radius 2 is 1.67 bits per heavy atom. The summed E-state index contributed by atoms with van der Waals surface area (Å²) in [6.07, 6.45) is 0.600. The topological polar surface area (TPSA) is 68.2 Å². The van der Waals surface area contributed by atoms with Crippen molar-refractivity contribution in [2.75, 3.05) is 21.3 Å². The summed E-state index contributed by atoms with van der Waals surface area (Å²) < 4.78 is 15.9. The van der Waals surface area contributed by atoms with Crippen molar-refractivity contribution in [2.45, 2.75) is 24.9 Å². The van der Waals surface area contributed by atoms with Gasteiger partial charge in [0.2, 0.25) is 0 Å². The van der Waals surface area contributed by atoms with E-state index in [-0.39, 0.29) is 11.7 Å². The van der Waals surface area contributed by atoms with Gasteiger partial charge in [0.15, 0.2) is 11.5 Å². The Kier molecular flexibility index (Phi) is 4.53. The summed E-state index contributed by atoms with van der Waals surface area (Å²) in [6.45, 7) is 0. The van der Waals surface area contributed by atoms with Gasteiger partial charge in [-0.2, -0.15) is 0 Å². The van der Waals surface area contributed by atoms with Gasteiger partial charge in [-0.3, -0.25) is 0 Å². The Labute approximate surface area is 141 Å². The molecule has 24 heavy (non-hydrogen) atoms. The number of phenols is 1. The van der Waals surface area contributed by atoms with Crippen LogP contribution in [0.15, 0.2) is 30.3 Å². The largest absolute Gasteiger partial charge is 0.504 e. The lowest BCUT2D eigenvalue weighted by Crippen LogP contribution is -2.28. The molecule has 3 rings (SSSR count). The summed E-state index contributed by atoms with van der Waals surface area (Å²) in [7, 11) is 4.76. The predicted molar refractivity (Wildman–Crippen MR) is 90.4 cm³/mol. The number of aliphatic hydroxyl groups is 1. The number of ether oxygens (including phenoxy) is 3. The average Bonchev–Trinajstić information content (AvgIpc) is 2.60. The molecule has 2 aromatic carbocycles. The Morgan fingerprint density at radius 1 is 0.917 bits per heavy atom. The molecule has 5 heteroatoms. The summed E-state index contributed by atoms with van der Waals surface area (Å²) in [6, 6.07) is 9.09. The molecule has 0 radical (unpaired) electrons. The number of fused-ring (bicyclic) bond motifs is 1. The smallest absolute Gasteiger partial charge is 0.160 e. The van der Waals surface area contributed by atoms with Crippen LogP contribution in [-0.4, -0.2) is 37.6 Å². The van der Waals surface area contributed by atoms with Crippen molar-refractivity contribution in [1.29, 1.82) is 0 Å². The summed E-state index contributed by atoms with van der Waals surface area (Å²) >= 11 is 0. The van der Waals surface area contributed by atoms with Crippen LogP contribution in [0.4, 0.5) is 0 Å². The zero-order chi connectivity index (χ0) is 17.3. The van der Waals surface area contributed by atoms with Gasteiger partial charge in [-0.25, -0.2) is 0 Å². The highest BCUT2D eigenvalue weighted by Gasteiger charge is 2.31. The molecule has 5 nitrogen and oxygen atoms in total. The fourth-order valence-electron chi connectivity index (χ4n) is 3.39. The van der Waals surface area contributed by atoms with Gasteiger partial charge in [0, 0.05) is 24.0 Å². The first-order valence-electron chi connectivity index (χ1n) is 7.86. The van der Waals surface area contributed by atoms with Crippen LogP contribution in [0, 0.1) is 0 Å². The van der Waals surface area contributed by atoms with E-state index in [0.29, 0.717) is 18.6 Å². The van der Waals surface area contributed by atoms with Crippen molar-refractivity contribution in [1.82, 2.24) is 0 Å². The van der Waals surface area contributed by atoms with E-state index in [1.165, 1.54) is 7.11 Å². The third kappa shape index (κ3) is 2.87. The maximum Gasteiger partial charge on any atom is 0.160 e. The first-order chi connectivity index (χ1) is 11.6. The maximum absolute atomic E-state index is 10.6. The highest BCUT2D eigenvalue weighted by atomic mass is 16.5. The molecule has 0 spiro atoms. The lowest BCUT2D eigenvalue weighted by Gasteiger charge is -2.31. The Balaban J connectivity index is 1.98. The van der Waals surface area contributed by atoms with Crippen LogP contribution in [0.3, 0.4) is 0 Å². The van der Waals surface area contributed by atoms with E-state index in [2.05, 4.69) is 0 Å². The molecule has 0 saturated carbocycles. The molecule has 0 heterocycles. The van der Waals surface area contributed by atoms with Gasteiger partial charge >= 0.3 is 0 Å². The fraction of sp³-hybridized carbons (Fsp3) is 0.368. The molecule has 2 N–H and O–H groups in total. The minimum absolute atomic E-state index is 0.0798. The second-order valence-electron chi connectivity index (χ2n) is 5.98. The molecular weight excluding hydrogens is 308 g/mol. The van der Waals surface area contributed by atoms with Crippen LogP contribution in [0.2, 0.25) is 0 Å². The monoisotopic (exact) mass is 330 g/mol. The third-order valence-electron chi connectivity index (χ3n) is 4.68.